The van der Waals surface area contributed by atoms with Gasteiger partial charge in [-0.3, -0.25) is 0 Å². The molecule has 1 aromatic carbocycles. The average Bonchev–Trinajstić information content (AvgIpc) is 2.43. The first-order chi connectivity index (χ1) is 10.3. The van der Waals surface area contributed by atoms with Gasteiger partial charge in [-0.25, -0.2) is 0 Å². The van der Waals surface area contributed by atoms with Crippen LogP contribution in [0, 0.1) is 11.3 Å². The molecule has 2 nitrogen and oxygen atoms in total. The molecule has 0 atom stereocenters. The van der Waals surface area contributed by atoms with E-state index in [9.17, 15) is 0 Å². The van der Waals surface area contributed by atoms with Crippen molar-refractivity contribution in [2.45, 2.75) is 52.5 Å². The van der Waals surface area contributed by atoms with E-state index in [1.54, 1.807) is 6.07 Å². The Hall–Kier alpha value is -0.510. The first kappa shape index (κ1) is 17.8. The van der Waals surface area contributed by atoms with E-state index in [4.69, 9.17) is 35.4 Å². The van der Waals surface area contributed by atoms with Gasteiger partial charge in [0.05, 0.1) is 15.7 Å². The number of thiocarbonyl (C=S) groups is 1. The van der Waals surface area contributed by atoms with Crippen LogP contribution in [0.15, 0.2) is 18.2 Å². The Morgan fingerprint density at radius 2 is 1.77 bits per heavy atom. The zero-order chi connectivity index (χ0) is 16.3. The molecule has 2 N–H and O–H groups in total. The molecule has 1 fully saturated rings. The Balaban J connectivity index is 1.85. The second kappa shape index (κ2) is 7.37. The van der Waals surface area contributed by atoms with Crippen molar-refractivity contribution < 1.29 is 0 Å². The van der Waals surface area contributed by atoms with Crippen molar-refractivity contribution in [1.29, 1.82) is 0 Å². The SMILES string of the molecule is CC(C)(C)C1CCC(NC(=S)Nc2cccc(Cl)c2Cl)CC1. The van der Waals surface area contributed by atoms with Gasteiger partial charge in [0.15, 0.2) is 5.11 Å². The first-order valence-electron chi connectivity index (χ1n) is 7.79. The van der Waals surface area contributed by atoms with E-state index in [2.05, 4.69) is 31.4 Å². The summed E-state index contributed by atoms with van der Waals surface area (Å²) in [4.78, 5) is 0. The van der Waals surface area contributed by atoms with E-state index in [-0.39, 0.29) is 0 Å². The van der Waals surface area contributed by atoms with Crippen molar-refractivity contribution in [3.8, 4) is 0 Å². The molecule has 2 rings (SSSR count). The summed E-state index contributed by atoms with van der Waals surface area (Å²) in [7, 11) is 0. The summed E-state index contributed by atoms with van der Waals surface area (Å²) in [5.41, 5.74) is 1.15. The Morgan fingerprint density at radius 1 is 1.14 bits per heavy atom. The third kappa shape index (κ3) is 4.74. The van der Waals surface area contributed by atoms with Gasteiger partial charge in [0.25, 0.3) is 0 Å². The second-order valence-electron chi connectivity index (χ2n) is 7.11. The number of anilines is 1. The number of benzene rings is 1. The maximum Gasteiger partial charge on any atom is 0.171 e. The first-order valence-corrected chi connectivity index (χ1v) is 8.95. The highest BCUT2D eigenvalue weighted by Gasteiger charge is 2.29. The van der Waals surface area contributed by atoms with Gasteiger partial charge in [-0.05, 0) is 61.4 Å². The molecule has 122 valence electrons. The smallest absolute Gasteiger partial charge is 0.171 e. The van der Waals surface area contributed by atoms with Gasteiger partial charge in [0.2, 0.25) is 0 Å². The van der Waals surface area contributed by atoms with Crippen molar-refractivity contribution >= 4 is 46.2 Å². The molecule has 1 aliphatic rings. The summed E-state index contributed by atoms with van der Waals surface area (Å²) in [5, 5.41) is 8.19. The number of rotatable bonds is 2. The standard InChI is InChI=1S/C17H24Cl2N2S/c1-17(2,3)11-7-9-12(10-8-11)20-16(22)21-14-6-4-5-13(18)15(14)19/h4-6,11-12H,7-10H2,1-3H3,(H2,20,21,22). The minimum absolute atomic E-state index is 0.401. The molecule has 22 heavy (non-hydrogen) atoms. The molecule has 1 aromatic rings. The molecule has 1 aliphatic carbocycles. The number of hydrogen-bond acceptors (Lipinski definition) is 1. The molecule has 0 aliphatic heterocycles. The van der Waals surface area contributed by atoms with Crippen LogP contribution in [0.3, 0.4) is 0 Å². The van der Waals surface area contributed by atoms with Crippen LogP contribution in [0.5, 0.6) is 0 Å². The maximum absolute atomic E-state index is 6.17. The molecule has 0 amide bonds. The molecule has 5 heteroatoms. The highest BCUT2D eigenvalue weighted by molar-refractivity contribution is 7.80. The molecule has 0 saturated heterocycles. The largest absolute Gasteiger partial charge is 0.360 e. The minimum Gasteiger partial charge on any atom is -0.360 e. The lowest BCUT2D eigenvalue weighted by atomic mass is 9.71. The van der Waals surface area contributed by atoms with Crippen molar-refractivity contribution in [2.24, 2.45) is 11.3 Å². The van der Waals surface area contributed by atoms with Crippen LogP contribution in [0.2, 0.25) is 10.0 Å². The number of halogens is 2. The molecule has 0 radical (unpaired) electrons. The second-order valence-corrected chi connectivity index (χ2v) is 8.31. The molecular weight excluding hydrogens is 335 g/mol. The van der Waals surface area contributed by atoms with E-state index >= 15 is 0 Å². The third-order valence-corrected chi connectivity index (χ3v) is 5.53. The van der Waals surface area contributed by atoms with Gasteiger partial charge in [-0.1, -0.05) is 50.0 Å². The summed E-state index contributed by atoms with van der Waals surface area (Å²) >= 11 is 17.6. The van der Waals surface area contributed by atoms with Crippen molar-refractivity contribution in [1.82, 2.24) is 5.32 Å². The molecule has 1 saturated carbocycles. The van der Waals surface area contributed by atoms with E-state index in [0.29, 0.717) is 26.6 Å². The Morgan fingerprint density at radius 3 is 2.36 bits per heavy atom. The lowest BCUT2D eigenvalue weighted by molar-refractivity contribution is 0.166. The predicted molar refractivity (Wildman–Crippen MR) is 101 cm³/mol. The van der Waals surface area contributed by atoms with E-state index < -0.39 is 0 Å². The zero-order valence-corrected chi connectivity index (χ0v) is 15.7. The summed E-state index contributed by atoms with van der Waals surface area (Å²) in [5.74, 6) is 0.800. The van der Waals surface area contributed by atoms with Crippen LogP contribution in [0.4, 0.5) is 5.69 Å². The zero-order valence-electron chi connectivity index (χ0n) is 13.4. The number of nitrogens with one attached hydrogen (secondary N) is 2. The van der Waals surface area contributed by atoms with Gasteiger partial charge >= 0.3 is 0 Å². The van der Waals surface area contributed by atoms with Crippen LogP contribution < -0.4 is 10.6 Å². The molecule has 0 aromatic heterocycles. The quantitative estimate of drug-likeness (QED) is 0.645. The fourth-order valence-corrected chi connectivity index (χ4v) is 3.67. The van der Waals surface area contributed by atoms with Gasteiger partial charge in [0, 0.05) is 6.04 Å². The maximum atomic E-state index is 6.17. The Bertz CT molecular complexity index is 532. The van der Waals surface area contributed by atoms with Crippen LogP contribution in [0.25, 0.3) is 0 Å². The van der Waals surface area contributed by atoms with Crippen LogP contribution in [-0.2, 0) is 0 Å². The van der Waals surface area contributed by atoms with Gasteiger partial charge in [-0.2, -0.15) is 0 Å². The predicted octanol–water partition coefficient (Wildman–Crippen LogP) is 5.88. The van der Waals surface area contributed by atoms with Gasteiger partial charge in [0.1, 0.15) is 0 Å². The Labute approximate surface area is 149 Å². The van der Waals surface area contributed by atoms with Crippen molar-refractivity contribution in [3.63, 3.8) is 0 Å². The van der Waals surface area contributed by atoms with E-state index in [1.807, 2.05) is 12.1 Å². The highest BCUT2D eigenvalue weighted by atomic mass is 35.5. The number of hydrogen-bond donors (Lipinski definition) is 2. The lowest BCUT2D eigenvalue weighted by Crippen LogP contribution is -2.41. The molecule has 0 spiro atoms. The fraction of sp³-hybridized carbons (Fsp3) is 0.588. The molecule has 0 bridgehead atoms. The molecule has 0 heterocycles. The average molecular weight is 359 g/mol. The third-order valence-electron chi connectivity index (χ3n) is 4.49. The fourth-order valence-electron chi connectivity index (χ4n) is 3.05. The van der Waals surface area contributed by atoms with Gasteiger partial charge < -0.3 is 10.6 Å². The van der Waals surface area contributed by atoms with Crippen LogP contribution in [0.1, 0.15) is 46.5 Å². The summed E-state index contributed by atoms with van der Waals surface area (Å²) in [6.45, 7) is 7.00. The molecule has 0 unspecified atom stereocenters. The van der Waals surface area contributed by atoms with E-state index in [1.165, 1.54) is 12.8 Å². The Kier molecular flexibility index (Phi) is 5.98. The van der Waals surface area contributed by atoms with Crippen LogP contribution in [-0.4, -0.2) is 11.2 Å². The van der Waals surface area contributed by atoms with Crippen molar-refractivity contribution in [2.75, 3.05) is 5.32 Å². The highest BCUT2D eigenvalue weighted by Crippen LogP contribution is 2.37. The monoisotopic (exact) mass is 358 g/mol. The molecular formula is C17H24Cl2N2S. The summed E-state index contributed by atoms with van der Waals surface area (Å²) < 4.78 is 0. The van der Waals surface area contributed by atoms with Gasteiger partial charge in [-0.15, -0.1) is 0 Å². The minimum atomic E-state index is 0.401. The summed E-state index contributed by atoms with van der Waals surface area (Å²) in [6.07, 6.45) is 4.82. The van der Waals surface area contributed by atoms with Crippen molar-refractivity contribution in [3.05, 3.63) is 28.2 Å². The van der Waals surface area contributed by atoms with E-state index in [0.717, 1.165) is 24.4 Å². The normalized spacial score (nSPS) is 22.2. The lowest BCUT2D eigenvalue weighted by Gasteiger charge is -2.37. The van der Waals surface area contributed by atoms with Crippen LogP contribution >= 0.6 is 35.4 Å². The topological polar surface area (TPSA) is 24.1 Å². The summed E-state index contributed by atoms with van der Waals surface area (Å²) in [6, 6.07) is 5.93.